The summed E-state index contributed by atoms with van der Waals surface area (Å²) in [6.45, 7) is 2.38. The molecule has 3 heteroatoms. The number of aliphatic hydroxyl groups is 1. The van der Waals surface area contributed by atoms with E-state index in [9.17, 15) is 5.11 Å². The molecule has 0 spiro atoms. The first-order valence-corrected chi connectivity index (χ1v) is 7.62. The quantitative estimate of drug-likeness (QED) is 0.877. The van der Waals surface area contributed by atoms with Crippen LogP contribution in [0.15, 0.2) is 24.3 Å². The molecule has 104 valence electrons. The van der Waals surface area contributed by atoms with E-state index in [0.29, 0.717) is 0 Å². The Balaban J connectivity index is 1.61. The number of hydrogen-bond donors (Lipinski definition) is 2. The van der Waals surface area contributed by atoms with Gasteiger partial charge in [-0.15, -0.1) is 0 Å². The first kappa shape index (κ1) is 12.8. The van der Waals surface area contributed by atoms with E-state index in [1.807, 2.05) is 0 Å². The summed E-state index contributed by atoms with van der Waals surface area (Å²) in [5.74, 6) is 0. The van der Waals surface area contributed by atoms with Gasteiger partial charge in [-0.2, -0.15) is 0 Å². The second kappa shape index (κ2) is 5.83. The van der Waals surface area contributed by atoms with E-state index in [2.05, 4.69) is 34.5 Å². The summed E-state index contributed by atoms with van der Waals surface area (Å²) in [5.41, 5.74) is 2.46. The van der Waals surface area contributed by atoms with Crippen LogP contribution in [-0.2, 0) is 0 Å². The van der Waals surface area contributed by atoms with Crippen molar-refractivity contribution in [1.29, 1.82) is 0 Å². The zero-order chi connectivity index (χ0) is 13.1. The minimum atomic E-state index is -0.179. The fourth-order valence-corrected chi connectivity index (χ4v) is 3.24. The lowest BCUT2D eigenvalue weighted by Crippen LogP contribution is -2.29. The standard InChI is InChI=1S/C16H24N2O/c19-16-6-4-5-15(16)17-13-7-9-14(10-8-13)18-11-2-1-3-12-18/h7-10,15-17,19H,1-6,11-12H2/t15-,16-/m1/s1. The molecule has 19 heavy (non-hydrogen) atoms. The maximum absolute atomic E-state index is 9.84. The molecule has 1 saturated heterocycles. The summed E-state index contributed by atoms with van der Waals surface area (Å²) in [7, 11) is 0. The van der Waals surface area contributed by atoms with E-state index < -0.39 is 0 Å². The SMILES string of the molecule is O[C@@H]1CCC[C@H]1Nc1ccc(N2CCCCC2)cc1. The van der Waals surface area contributed by atoms with Gasteiger partial charge in [-0.05, 0) is 62.8 Å². The van der Waals surface area contributed by atoms with Crippen LogP contribution in [0.1, 0.15) is 38.5 Å². The number of piperidine rings is 1. The third kappa shape index (κ3) is 3.03. The minimum Gasteiger partial charge on any atom is -0.391 e. The zero-order valence-electron chi connectivity index (χ0n) is 11.5. The monoisotopic (exact) mass is 260 g/mol. The molecule has 0 unspecified atom stereocenters. The topological polar surface area (TPSA) is 35.5 Å². The first-order chi connectivity index (χ1) is 9.33. The van der Waals surface area contributed by atoms with Crippen molar-refractivity contribution in [3.63, 3.8) is 0 Å². The summed E-state index contributed by atoms with van der Waals surface area (Å²) >= 11 is 0. The average Bonchev–Trinajstić information content (AvgIpc) is 2.86. The third-order valence-corrected chi connectivity index (χ3v) is 4.42. The molecule has 3 nitrogen and oxygen atoms in total. The van der Waals surface area contributed by atoms with Crippen molar-refractivity contribution in [1.82, 2.24) is 0 Å². The highest BCUT2D eigenvalue weighted by Gasteiger charge is 2.24. The molecule has 2 N–H and O–H groups in total. The zero-order valence-corrected chi connectivity index (χ0v) is 11.5. The molecule has 0 amide bonds. The van der Waals surface area contributed by atoms with Crippen molar-refractivity contribution < 1.29 is 5.11 Å². The average molecular weight is 260 g/mol. The van der Waals surface area contributed by atoms with Crippen molar-refractivity contribution in [3.8, 4) is 0 Å². The fraction of sp³-hybridized carbons (Fsp3) is 0.625. The molecule has 1 aromatic carbocycles. The van der Waals surface area contributed by atoms with Gasteiger partial charge in [0.15, 0.2) is 0 Å². The van der Waals surface area contributed by atoms with Crippen molar-refractivity contribution in [3.05, 3.63) is 24.3 Å². The highest BCUT2D eigenvalue weighted by Crippen LogP contribution is 2.25. The van der Waals surface area contributed by atoms with Gasteiger partial charge in [0.25, 0.3) is 0 Å². The second-order valence-corrected chi connectivity index (χ2v) is 5.84. The lowest BCUT2D eigenvalue weighted by Gasteiger charge is -2.29. The highest BCUT2D eigenvalue weighted by atomic mass is 16.3. The lowest BCUT2D eigenvalue weighted by atomic mass is 10.1. The Kier molecular flexibility index (Phi) is 3.92. The largest absolute Gasteiger partial charge is 0.391 e. The summed E-state index contributed by atoms with van der Waals surface area (Å²) in [6, 6.07) is 8.94. The first-order valence-electron chi connectivity index (χ1n) is 7.62. The normalized spacial score (nSPS) is 27.5. The molecule has 0 aromatic heterocycles. The molecular weight excluding hydrogens is 236 g/mol. The predicted molar refractivity (Wildman–Crippen MR) is 79.8 cm³/mol. The summed E-state index contributed by atoms with van der Waals surface area (Å²) < 4.78 is 0. The second-order valence-electron chi connectivity index (χ2n) is 5.84. The van der Waals surface area contributed by atoms with Crippen LogP contribution in [0.2, 0.25) is 0 Å². The van der Waals surface area contributed by atoms with Gasteiger partial charge in [0.2, 0.25) is 0 Å². The molecule has 2 aliphatic rings. The number of nitrogens with zero attached hydrogens (tertiary/aromatic N) is 1. The summed E-state index contributed by atoms with van der Waals surface area (Å²) in [5, 5.41) is 13.3. The number of anilines is 2. The summed E-state index contributed by atoms with van der Waals surface area (Å²) in [4.78, 5) is 2.47. The van der Waals surface area contributed by atoms with Crippen LogP contribution in [-0.4, -0.2) is 30.3 Å². The Bertz CT molecular complexity index is 398. The molecule has 1 aliphatic carbocycles. The van der Waals surface area contributed by atoms with Crippen LogP contribution >= 0.6 is 0 Å². The van der Waals surface area contributed by atoms with Gasteiger partial charge in [0.1, 0.15) is 0 Å². The van der Waals surface area contributed by atoms with Gasteiger partial charge in [0.05, 0.1) is 12.1 Å². The van der Waals surface area contributed by atoms with Crippen molar-refractivity contribution >= 4 is 11.4 Å². The van der Waals surface area contributed by atoms with E-state index >= 15 is 0 Å². The van der Waals surface area contributed by atoms with Gasteiger partial charge in [0, 0.05) is 24.5 Å². The minimum absolute atomic E-state index is 0.179. The Morgan fingerprint density at radius 2 is 1.68 bits per heavy atom. The van der Waals surface area contributed by atoms with Crippen LogP contribution in [0.5, 0.6) is 0 Å². The lowest BCUT2D eigenvalue weighted by molar-refractivity contribution is 0.172. The molecule has 3 rings (SSSR count). The van der Waals surface area contributed by atoms with Gasteiger partial charge < -0.3 is 15.3 Å². The van der Waals surface area contributed by atoms with Gasteiger partial charge >= 0.3 is 0 Å². The van der Waals surface area contributed by atoms with Gasteiger partial charge in [-0.3, -0.25) is 0 Å². The van der Waals surface area contributed by atoms with E-state index in [4.69, 9.17) is 0 Å². The highest BCUT2D eigenvalue weighted by molar-refractivity contribution is 5.55. The molecular formula is C16H24N2O. The Hall–Kier alpha value is -1.22. The van der Waals surface area contributed by atoms with E-state index in [-0.39, 0.29) is 12.1 Å². The molecule has 1 saturated carbocycles. The van der Waals surface area contributed by atoms with Crippen molar-refractivity contribution in [2.75, 3.05) is 23.3 Å². The maximum Gasteiger partial charge on any atom is 0.0741 e. The van der Waals surface area contributed by atoms with Crippen molar-refractivity contribution in [2.45, 2.75) is 50.7 Å². The smallest absolute Gasteiger partial charge is 0.0741 e. The van der Waals surface area contributed by atoms with Crippen LogP contribution in [0.4, 0.5) is 11.4 Å². The van der Waals surface area contributed by atoms with Crippen LogP contribution in [0, 0.1) is 0 Å². The maximum atomic E-state index is 9.84. The number of hydrogen-bond acceptors (Lipinski definition) is 3. The van der Waals surface area contributed by atoms with Crippen molar-refractivity contribution in [2.24, 2.45) is 0 Å². The molecule has 2 atom stereocenters. The predicted octanol–water partition coefficient (Wildman–Crippen LogP) is 3.00. The number of aliphatic hydroxyl groups excluding tert-OH is 1. The Morgan fingerprint density at radius 1 is 0.947 bits per heavy atom. The molecule has 1 aromatic rings. The number of benzene rings is 1. The van der Waals surface area contributed by atoms with Crippen LogP contribution < -0.4 is 10.2 Å². The number of rotatable bonds is 3. The van der Waals surface area contributed by atoms with Gasteiger partial charge in [-0.1, -0.05) is 0 Å². The van der Waals surface area contributed by atoms with Gasteiger partial charge in [-0.25, -0.2) is 0 Å². The van der Waals surface area contributed by atoms with E-state index in [1.54, 1.807) is 0 Å². The Labute approximate surface area is 115 Å². The van der Waals surface area contributed by atoms with E-state index in [0.717, 1.165) is 24.9 Å². The summed E-state index contributed by atoms with van der Waals surface area (Å²) in [6.07, 6.45) is 6.96. The third-order valence-electron chi connectivity index (χ3n) is 4.42. The molecule has 1 heterocycles. The van der Waals surface area contributed by atoms with Crippen LogP contribution in [0.25, 0.3) is 0 Å². The Morgan fingerprint density at radius 3 is 2.32 bits per heavy atom. The molecule has 0 bridgehead atoms. The fourth-order valence-electron chi connectivity index (χ4n) is 3.24. The van der Waals surface area contributed by atoms with Crippen LogP contribution in [0.3, 0.4) is 0 Å². The molecule has 0 radical (unpaired) electrons. The molecule has 1 aliphatic heterocycles. The molecule has 2 fully saturated rings. The van der Waals surface area contributed by atoms with E-state index in [1.165, 1.54) is 38.0 Å². The number of nitrogens with one attached hydrogen (secondary N) is 1.